The third-order valence-electron chi connectivity index (χ3n) is 4.46. The van der Waals surface area contributed by atoms with Crippen molar-refractivity contribution in [3.8, 4) is 5.75 Å². The molecule has 0 aliphatic carbocycles. The molecule has 0 bridgehead atoms. The number of para-hydroxylation sites is 1. The summed E-state index contributed by atoms with van der Waals surface area (Å²) in [6.07, 6.45) is 1.15. The van der Waals surface area contributed by atoms with E-state index in [1.807, 2.05) is 0 Å². The van der Waals surface area contributed by atoms with E-state index in [0.29, 0.717) is 5.75 Å². The monoisotopic (exact) mass is 492 g/mol. The Morgan fingerprint density at radius 2 is 1.76 bits per heavy atom. The Labute approximate surface area is 199 Å². The summed E-state index contributed by atoms with van der Waals surface area (Å²) in [6, 6.07) is 9.23. The molecule has 180 valence electrons. The van der Waals surface area contributed by atoms with Gasteiger partial charge in [-0.1, -0.05) is 25.1 Å². The molecule has 0 aliphatic rings. The standard InChI is InChI=1S/C22H19ClF2N4O4.CH4/c23-14-10-28-22(32)18(20(14)29-21-15(24)2-1-3-16(21)25)19(26)12-4-6-13(7-5-12)33-11-17(31)27-8-9-30;/h1-7,10,26,30H,8-9,11H2,(H,27,31)(H2,28,29,32);1H4. The molecule has 0 spiro atoms. The second-order valence-electron chi connectivity index (χ2n) is 6.70. The van der Waals surface area contributed by atoms with Crippen LogP contribution in [0.3, 0.4) is 0 Å². The number of carbonyl (C=O) groups is 1. The Balaban J connectivity index is 0.00000408. The van der Waals surface area contributed by atoms with Gasteiger partial charge in [-0.05, 0) is 36.4 Å². The minimum atomic E-state index is -0.895. The number of pyridine rings is 1. The van der Waals surface area contributed by atoms with E-state index >= 15 is 0 Å². The first kappa shape index (κ1) is 26.5. The van der Waals surface area contributed by atoms with Gasteiger partial charge in [0.25, 0.3) is 11.5 Å². The number of H-pyrrole nitrogens is 1. The molecule has 0 unspecified atom stereocenters. The maximum absolute atomic E-state index is 14.1. The smallest absolute Gasteiger partial charge is 0.259 e. The fraction of sp³-hybridized carbons (Fsp3) is 0.174. The van der Waals surface area contributed by atoms with Gasteiger partial charge in [-0.15, -0.1) is 0 Å². The topological polar surface area (TPSA) is 127 Å². The summed E-state index contributed by atoms with van der Waals surface area (Å²) in [7, 11) is 0. The van der Waals surface area contributed by atoms with Crippen molar-refractivity contribution in [3.05, 3.63) is 86.8 Å². The highest BCUT2D eigenvalue weighted by Gasteiger charge is 2.20. The van der Waals surface area contributed by atoms with Crippen LogP contribution in [-0.4, -0.2) is 41.5 Å². The molecule has 2 aromatic carbocycles. The SMILES string of the molecule is C.N=C(c1ccc(OCC(=O)NCCO)cc1)c1c(Nc2c(F)cccc2F)c(Cl)c[nH]c1=O. The Kier molecular flexibility index (Phi) is 9.28. The lowest BCUT2D eigenvalue weighted by atomic mass is 10.0. The average molecular weight is 493 g/mol. The lowest BCUT2D eigenvalue weighted by Gasteiger charge is -2.15. The first-order valence-corrected chi connectivity index (χ1v) is 10.0. The van der Waals surface area contributed by atoms with Gasteiger partial charge in [0, 0.05) is 18.3 Å². The van der Waals surface area contributed by atoms with Crippen molar-refractivity contribution in [2.75, 3.05) is 25.1 Å². The van der Waals surface area contributed by atoms with E-state index in [1.54, 1.807) is 0 Å². The molecule has 0 atom stereocenters. The van der Waals surface area contributed by atoms with E-state index < -0.39 is 28.8 Å². The highest BCUT2D eigenvalue weighted by Crippen LogP contribution is 2.31. The number of carbonyl (C=O) groups excluding carboxylic acids is 1. The Bertz CT molecular complexity index is 1210. The van der Waals surface area contributed by atoms with Crippen molar-refractivity contribution in [1.29, 1.82) is 5.41 Å². The maximum atomic E-state index is 14.1. The molecule has 0 aliphatic heterocycles. The van der Waals surface area contributed by atoms with Gasteiger partial charge < -0.3 is 25.5 Å². The number of aliphatic hydroxyl groups is 1. The molecular weight excluding hydrogens is 470 g/mol. The van der Waals surface area contributed by atoms with Crippen LogP contribution in [-0.2, 0) is 4.79 Å². The normalized spacial score (nSPS) is 10.2. The molecule has 1 heterocycles. The number of aromatic nitrogens is 1. The number of halogens is 3. The fourth-order valence-electron chi connectivity index (χ4n) is 2.87. The zero-order valence-corrected chi connectivity index (χ0v) is 17.8. The van der Waals surface area contributed by atoms with Crippen LogP contribution >= 0.6 is 11.6 Å². The highest BCUT2D eigenvalue weighted by molar-refractivity contribution is 6.34. The van der Waals surface area contributed by atoms with Gasteiger partial charge in [0.1, 0.15) is 23.1 Å². The summed E-state index contributed by atoms with van der Waals surface area (Å²) >= 11 is 6.17. The summed E-state index contributed by atoms with van der Waals surface area (Å²) in [6.45, 7) is -0.349. The predicted molar refractivity (Wildman–Crippen MR) is 126 cm³/mol. The van der Waals surface area contributed by atoms with E-state index in [-0.39, 0.29) is 54.7 Å². The van der Waals surface area contributed by atoms with Gasteiger partial charge in [0.2, 0.25) is 0 Å². The zero-order chi connectivity index (χ0) is 24.0. The molecule has 1 aromatic heterocycles. The molecule has 0 fully saturated rings. The van der Waals surface area contributed by atoms with Crippen LogP contribution in [0.1, 0.15) is 18.6 Å². The van der Waals surface area contributed by atoms with Crippen LogP contribution in [0.5, 0.6) is 5.75 Å². The summed E-state index contributed by atoms with van der Waals surface area (Å²) in [4.78, 5) is 26.5. The minimum Gasteiger partial charge on any atom is -0.484 e. The number of hydrogen-bond donors (Lipinski definition) is 5. The molecule has 3 aromatic rings. The van der Waals surface area contributed by atoms with Crippen molar-refractivity contribution in [2.24, 2.45) is 0 Å². The third-order valence-corrected chi connectivity index (χ3v) is 4.75. The Hall–Kier alpha value is -3.76. The molecule has 5 N–H and O–H groups in total. The number of hydrogen-bond acceptors (Lipinski definition) is 6. The first-order chi connectivity index (χ1) is 15.8. The summed E-state index contributed by atoms with van der Waals surface area (Å²) < 4.78 is 33.6. The van der Waals surface area contributed by atoms with Crippen LogP contribution in [0.15, 0.2) is 53.5 Å². The van der Waals surface area contributed by atoms with Gasteiger partial charge in [-0.2, -0.15) is 0 Å². The van der Waals surface area contributed by atoms with E-state index in [4.69, 9.17) is 26.9 Å². The summed E-state index contributed by atoms with van der Waals surface area (Å²) in [5.41, 5.74) is -1.52. The van der Waals surface area contributed by atoms with Crippen LogP contribution in [0, 0.1) is 17.0 Å². The summed E-state index contributed by atoms with van der Waals surface area (Å²) in [5.74, 6) is -1.87. The van der Waals surface area contributed by atoms with Crippen LogP contribution in [0.4, 0.5) is 20.2 Å². The molecule has 3 rings (SSSR count). The molecule has 8 nitrogen and oxygen atoms in total. The second-order valence-corrected chi connectivity index (χ2v) is 7.11. The number of nitrogens with one attached hydrogen (secondary N) is 4. The molecule has 34 heavy (non-hydrogen) atoms. The van der Waals surface area contributed by atoms with Gasteiger partial charge >= 0.3 is 0 Å². The Morgan fingerprint density at radius 1 is 1.12 bits per heavy atom. The second kappa shape index (κ2) is 11.9. The highest BCUT2D eigenvalue weighted by atomic mass is 35.5. The van der Waals surface area contributed by atoms with Crippen molar-refractivity contribution in [1.82, 2.24) is 10.3 Å². The number of benzene rings is 2. The van der Waals surface area contributed by atoms with Crippen molar-refractivity contribution >= 4 is 34.6 Å². The Morgan fingerprint density at radius 3 is 2.38 bits per heavy atom. The largest absolute Gasteiger partial charge is 0.484 e. The predicted octanol–water partition coefficient (Wildman–Crippen LogP) is 3.59. The van der Waals surface area contributed by atoms with Crippen LogP contribution in [0.2, 0.25) is 5.02 Å². The van der Waals surface area contributed by atoms with Crippen LogP contribution in [0.25, 0.3) is 0 Å². The van der Waals surface area contributed by atoms with E-state index in [0.717, 1.165) is 18.3 Å². The van der Waals surface area contributed by atoms with Gasteiger partial charge in [-0.3, -0.25) is 15.0 Å². The molecule has 0 saturated carbocycles. The summed E-state index contributed by atoms with van der Waals surface area (Å²) in [5, 5.41) is 22.1. The van der Waals surface area contributed by atoms with Crippen molar-refractivity contribution < 1.29 is 23.4 Å². The lowest BCUT2D eigenvalue weighted by Crippen LogP contribution is -2.31. The number of anilines is 2. The number of rotatable bonds is 9. The van der Waals surface area contributed by atoms with Crippen molar-refractivity contribution in [3.63, 3.8) is 0 Å². The van der Waals surface area contributed by atoms with E-state index in [9.17, 15) is 18.4 Å². The lowest BCUT2D eigenvalue weighted by molar-refractivity contribution is -0.123. The molecular formula is C23H23ClF2N4O4. The zero-order valence-electron chi connectivity index (χ0n) is 17.0. The third kappa shape index (κ3) is 6.18. The molecule has 0 radical (unpaired) electrons. The van der Waals surface area contributed by atoms with Crippen LogP contribution < -0.4 is 20.9 Å². The number of amides is 1. The van der Waals surface area contributed by atoms with Gasteiger partial charge in [0.15, 0.2) is 6.61 Å². The number of aliphatic hydroxyl groups excluding tert-OH is 1. The van der Waals surface area contributed by atoms with E-state index in [2.05, 4.69) is 15.6 Å². The first-order valence-electron chi connectivity index (χ1n) is 9.63. The quantitative estimate of drug-likeness (QED) is 0.292. The number of ether oxygens (including phenoxy) is 1. The van der Waals surface area contributed by atoms with Gasteiger partial charge in [-0.25, -0.2) is 8.78 Å². The molecule has 11 heteroatoms. The van der Waals surface area contributed by atoms with Crippen molar-refractivity contribution in [2.45, 2.75) is 7.43 Å². The average Bonchev–Trinajstić information content (AvgIpc) is 2.80. The molecule has 0 saturated heterocycles. The maximum Gasteiger partial charge on any atom is 0.259 e. The van der Waals surface area contributed by atoms with Gasteiger partial charge in [0.05, 0.1) is 28.6 Å². The number of aromatic amines is 1. The minimum absolute atomic E-state index is 0. The molecule has 1 amide bonds. The van der Waals surface area contributed by atoms with E-state index in [1.165, 1.54) is 30.3 Å². The fourth-order valence-corrected chi connectivity index (χ4v) is 3.06.